The molecular weight excluding hydrogens is 136 g/mol. The van der Waals surface area contributed by atoms with E-state index in [4.69, 9.17) is 4.42 Å². The lowest BCUT2D eigenvalue weighted by Gasteiger charge is -1.92. The average molecular weight is 150 g/mol. The normalized spacial score (nSPS) is 11.6. The summed E-state index contributed by atoms with van der Waals surface area (Å²) < 4.78 is 5.23. The molecule has 1 heterocycles. The predicted octanol–water partition coefficient (Wildman–Crippen LogP) is 3.26. The highest BCUT2D eigenvalue weighted by Crippen LogP contribution is 2.11. The lowest BCUT2D eigenvalue weighted by Crippen LogP contribution is -1.77. The third-order valence-corrected chi connectivity index (χ3v) is 1.53. The molecule has 11 heavy (non-hydrogen) atoms. The van der Waals surface area contributed by atoms with Crippen LogP contribution in [0.1, 0.15) is 25.2 Å². The Labute approximate surface area is 67.7 Å². The molecule has 0 unspecified atom stereocenters. The number of allylic oxidation sites excluding steroid dienone is 1. The summed E-state index contributed by atoms with van der Waals surface area (Å²) in [5, 5.41) is 0. The van der Waals surface area contributed by atoms with Crippen LogP contribution in [0.15, 0.2) is 22.8 Å². The fraction of sp³-hybridized carbons (Fsp3) is 0.400. The fourth-order valence-electron chi connectivity index (χ4n) is 0.835. The largest absolute Gasteiger partial charge is 0.465 e. The lowest BCUT2D eigenvalue weighted by molar-refractivity contribution is 0.554. The van der Waals surface area contributed by atoms with E-state index >= 15 is 0 Å². The van der Waals surface area contributed by atoms with Crippen LogP contribution in [0.25, 0.3) is 6.08 Å². The second-order valence-electron chi connectivity index (χ2n) is 3.07. The first-order chi connectivity index (χ1) is 5.20. The second-order valence-corrected chi connectivity index (χ2v) is 3.07. The number of aryl methyl sites for hydroxylation is 1. The van der Waals surface area contributed by atoms with Crippen molar-refractivity contribution in [1.29, 1.82) is 0 Å². The fourth-order valence-corrected chi connectivity index (χ4v) is 0.835. The first-order valence-electron chi connectivity index (χ1n) is 3.92. The van der Waals surface area contributed by atoms with Crippen molar-refractivity contribution in [3.05, 3.63) is 29.7 Å². The Morgan fingerprint density at radius 3 is 2.64 bits per heavy atom. The summed E-state index contributed by atoms with van der Waals surface area (Å²) in [5.74, 6) is 1.55. The van der Waals surface area contributed by atoms with Gasteiger partial charge >= 0.3 is 0 Å². The van der Waals surface area contributed by atoms with Crippen LogP contribution in [0.5, 0.6) is 0 Å². The van der Waals surface area contributed by atoms with Gasteiger partial charge in [0, 0.05) is 0 Å². The molecule has 0 N–H and O–H groups in total. The zero-order valence-corrected chi connectivity index (χ0v) is 7.29. The Kier molecular flexibility index (Phi) is 2.53. The van der Waals surface area contributed by atoms with Gasteiger partial charge in [-0.1, -0.05) is 19.9 Å². The molecule has 60 valence electrons. The van der Waals surface area contributed by atoms with Gasteiger partial charge in [0.1, 0.15) is 5.76 Å². The molecule has 1 rings (SSSR count). The van der Waals surface area contributed by atoms with Gasteiger partial charge in [0.25, 0.3) is 0 Å². The quantitative estimate of drug-likeness (QED) is 0.630. The van der Waals surface area contributed by atoms with E-state index in [1.165, 1.54) is 5.56 Å². The van der Waals surface area contributed by atoms with Crippen molar-refractivity contribution in [1.82, 2.24) is 0 Å². The molecule has 1 nitrogen and oxygen atoms in total. The van der Waals surface area contributed by atoms with Crippen molar-refractivity contribution >= 4 is 6.08 Å². The van der Waals surface area contributed by atoms with Gasteiger partial charge in [-0.25, -0.2) is 0 Å². The number of furan rings is 1. The minimum absolute atomic E-state index is 0.583. The van der Waals surface area contributed by atoms with Crippen LogP contribution in [0.3, 0.4) is 0 Å². The Balaban J connectivity index is 2.71. The second kappa shape index (κ2) is 3.42. The summed E-state index contributed by atoms with van der Waals surface area (Å²) in [4.78, 5) is 0. The van der Waals surface area contributed by atoms with E-state index in [9.17, 15) is 0 Å². The highest BCUT2D eigenvalue weighted by atomic mass is 16.3. The molecule has 0 atom stereocenters. The maximum atomic E-state index is 5.23. The smallest absolute Gasteiger partial charge is 0.129 e. The molecule has 0 radical (unpaired) electrons. The Morgan fingerprint density at radius 1 is 1.45 bits per heavy atom. The number of hydrogen-bond donors (Lipinski definition) is 0. The van der Waals surface area contributed by atoms with E-state index in [0.717, 1.165) is 5.76 Å². The first-order valence-corrected chi connectivity index (χ1v) is 3.92. The average Bonchev–Trinajstić information content (AvgIpc) is 2.31. The van der Waals surface area contributed by atoms with E-state index in [1.807, 2.05) is 19.1 Å². The minimum Gasteiger partial charge on any atom is -0.465 e. The Bertz CT molecular complexity index is 243. The topological polar surface area (TPSA) is 13.1 Å². The molecular formula is C10H14O. The van der Waals surface area contributed by atoms with Crippen molar-refractivity contribution in [2.75, 3.05) is 0 Å². The SMILES string of the molecule is Cc1ccoc1C=CC(C)C. The molecule has 0 saturated carbocycles. The van der Waals surface area contributed by atoms with Crippen LogP contribution < -0.4 is 0 Å². The van der Waals surface area contributed by atoms with Crippen molar-refractivity contribution < 1.29 is 4.42 Å². The van der Waals surface area contributed by atoms with Crippen molar-refractivity contribution in [3.63, 3.8) is 0 Å². The molecule has 0 bridgehead atoms. The molecule has 0 amide bonds. The molecule has 0 fully saturated rings. The van der Waals surface area contributed by atoms with Crippen LogP contribution in [-0.2, 0) is 0 Å². The molecule has 1 aromatic rings. The lowest BCUT2D eigenvalue weighted by atomic mass is 10.2. The van der Waals surface area contributed by atoms with E-state index in [0.29, 0.717) is 5.92 Å². The van der Waals surface area contributed by atoms with Gasteiger partial charge in [-0.15, -0.1) is 0 Å². The van der Waals surface area contributed by atoms with Gasteiger partial charge in [0.15, 0.2) is 0 Å². The Hall–Kier alpha value is -0.980. The molecule has 0 aliphatic heterocycles. The van der Waals surface area contributed by atoms with Crippen LogP contribution in [-0.4, -0.2) is 0 Å². The number of hydrogen-bond acceptors (Lipinski definition) is 1. The summed E-state index contributed by atoms with van der Waals surface area (Å²) >= 11 is 0. The summed E-state index contributed by atoms with van der Waals surface area (Å²) in [6, 6.07) is 1.97. The Morgan fingerprint density at radius 2 is 2.18 bits per heavy atom. The molecule has 0 spiro atoms. The van der Waals surface area contributed by atoms with E-state index in [-0.39, 0.29) is 0 Å². The van der Waals surface area contributed by atoms with Crippen molar-refractivity contribution in [2.45, 2.75) is 20.8 Å². The maximum Gasteiger partial charge on any atom is 0.129 e. The first kappa shape index (κ1) is 8.12. The summed E-state index contributed by atoms with van der Waals surface area (Å²) in [6.45, 7) is 6.34. The van der Waals surface area contributed by atoms with E-state index in [1.54, 1.807) is 6.26 Å². The van der Waals surface area contributed by atoms with Crippen molar-refractivity contribution in [2.24, 2.45) is 5.92 Å². The zero-order chi connectivity index (χ0) is 8.27. The summed E-state index contributed by atoms with van der Waals surface area (Å²) in [6.07, 6.45) is 5.88. The molecule has 1 heteroatoms. The third-order valence-electron chi connectivity index (χ3n) is 1.53. The molecule has 0 aliphatic carbocycles. The van der Waals surface area contributed by atoms with Crippen LogP contribution in [0.4, 0.5) is 0 Å². The molecule has 1 aromatic heterocycles. The van der Waals surface area contributed by atoms with Crippen LogP contribution >= 0.6 is 0 Å². The van der Waals surface area contributed by atoms with Gasteiger partial charge in [-0.05, 0) is 30.5 Å². The van der Waals surface area contributed by atoms with Gasteiger partial charge in [-0.2, -0.15) is 0 Å². The highest BCUT2D eigenvalue weighted by molar-refractivity contribution is 5.46. The predicted molar refractivity (Wildman–Crippen MR) is 47.3 cm³/mol. The van der Waals surface area contributed by atoms with Gasteiger partial charge in [0.2, 0.25) is 0 Å². The summed E-state index contributed by atoms with van der Waals surface area (Å²) in [7, 11) is 0. The standard InChI is InChI=1S/C10H14O/c1-8(2)4-5-10-9(3)6-7-11-10/h4-8H,1-3H3. The maximum absolute atomic E-state index is 5.23. The van der Waals surface area contributed by atoms with Gasteiger partial charge < -0.3 is 4.42 Å². The molecule has 0 aliphatic rings. The highest BCUT2D eigenvalue weighted by Gasteiger charge is 1.95. The zero-order valence-electron chi connectivity index (χ0n) is 7.29. The van der Waals surface area contributed by atoms with E-state index in [2.05, 4.69) is 19.9 Å². The van der Waals surface area contributed by atoms with Crippen LogP contribution in [0, 0.1) is 12.8 Å². The molecule has 0 aromatic carbocycles. The third kappa shape index (κ3) is 2.26. The minimum atomic E-state index is 0.583. The summed E-state index contributed by atoms with van der Waals surface area (Å²) in [5.41, 5.74) is 1.20. The van der Waals surface area contributed by atoms with Crippen molar-refractivity contribution in [3.8, 4) is 0 Å². The monoisotopic (exact) mass is 150 g/mol. The van der Waals surface area contributed by atoms with Crippen LogP contribution in [0.2, 0.25) is 0 Å². The van der Waals surface area contributed by atoms with Gasteiger partial charge in [0.05, 0.1) is 6.26 Å². The van der Waals surface area contributed by atoms with E-state index < -0.39 is 0 Å². The van der Waals surface area contributed by atoms with Gasteiger partial charge in [-0.3, -0.25) is 0 Å². The number of rotatable bonds is 2. The molecule has 0 saturated heterocycles.